The number of hydrogen-bond acceptors (Lipinski definition) is 6. The molecule has 9 heteroatoms. The SMILES string of the molecule is O=C(O)CCCN1C(=O)C(=Cc2ccc(O)c(C(=O)O)c2)SC1=S. The van der Waals surface area contributed by atoms with E-state index in [-0.39, 0.29) is 36.6 Å². The van der Waals surface area contributed by atoms with Gasteiger partial charge in [-0.25, -0.2) is 4.79 Å². The van der Waals surface area contributed by atoms with Crippen molar-refractivity contribution in [3.63, 3.8) is 0 Å². The molecular formula is C15H13NO6S2. The zero-order valence-corrected chi connectivity index (χ0v) is 13.9. The predicted molar refractivity (Wildman–Crippen MR) is 91.8 cm³/mol. The molecule has 1 heterocycles. The number of phenols is 1. The van der Waals surface area contributed by atoms with Crippen LogP contribution in [-0.4, -0.2) is 48.9 Å². The number of rotatable bonds is 6. The van der Waals surface area contributed by atoms with E-state index in [0.29, 0.717) is 14.8 Å². The summed E-state index contributed by atoms with van der Waals surface area (Å²) in [5.74, 6) is -2.92. The van der Waals surface area contributed by atoms with E-state index in [9.17, 15) is 19.5 Å². The Hall–Kier alpha value is -2.39. The van der Waals surface area contributed by atoms with E-state index in [1.807, 2.05) is 0 Å². The number of thioether (sulfide) groups is 1. The minimum atomic E-state index is -1.27. The van der Waals surface area contributed by atoms with Crippen LogP contribution in [0, 0.1) is 0 Å². The van der Waals surface area contributed by atoms with Crippen molar-refractivity contribution in [1.82, 2.24) is 4.90 Å². The van der Waals surface area contributed by atoms with Gasteiger partial charge in [0.15, 0.2) is 0 Å². The minimum absolute atomic E-state index is 0.0595. The van der Waals surface area contributed by atoms with Crippen LogP contribution in [0.25, 0.3) is 6.08 Å². The molecule has 2 rings (SSSR count). The molecule has 7 nitrogen and oxygen atoms in total. The zero-order valence-electron chi connectivity index (χ0n) is 12.3. The standard InChI is InChI=1S/C15H13NO6S2/c17-10-4-3-8(6-9(10)14(21)22)7-11-13(20)16(15(23)24-11)5-1-2-12(18)19/h3-4,6-7,17H,1-2,5H2,(H,18,19)(H,21,22). The molecule has 1 fully saturated rings. The first kappa shape index (κ1) is 18.0. The molecular weight excluding hydrogens is 354 g/mol. The maximum absolute atomic E-state index is 12.3. The van der Waals surface area contributed by atoms with Gasteiger partial charge in [-0.15, -0.1) is 0 Å². The Morgan fingerprint density at radius 3 is 2.62 bits per heavy atom. The number of carboxylic acids is 2. The van der Waals surface area contributed by atoms with Gasteiger partial charge in [0.1, 0.15) is 15.6 Å². The van der Waals surface area contributed by atoms with E-state index in [1.54, 1.807) is 0 Å². The first-order valence-electron chi connectivity index (χ1n) is 6.83. The molecule has 0 bridgehead atoms. The predicted octanol–water partition coefficient (Wildman–Crippen LogP) is 2.16. The molecule has 0 radical (unpaired) electrons. The van der Waals surface area contributed by atoms with Crippen LogP contribution in [0.15, 0.2) is 23.1 Å². The van der Waals surface area contributed by atoms with Crippen molar-refractivity contribution in [1.29, 1.82) is 0 Å². The number of carboxylic acid groups (broad SMARTS) is 2. The number of aliphatic carboxylic acids is 1. The van der Waals surface area contributed by atoms with Gasteiger partial charge in [0.05, 0.1) is 4.91 Å². The van der Waals surface area contributed by atoms with E-state index >= 15 is 0 Å². The summed E-state index contributed by atoms with van der Waals surface area (Å²) in [5.41, 5.74) is 0.178. The lowest BCUT2D eigenvalue weighted by Crippen LogP contribution is -2.29. The van der Waals surface area contributed by atoms with E-state index in [4.69, 9.17) is 22.4 Å². The van der Waals surface area contributed by atoms with Crippen LogP contribution in [0.2, 0.25) is 0 Å². The number of nitrogens with zero attached hydrogens (tertiary/aromatic N) is 1. The fourth-order valence-electron chi connectivity index (χ4n) is 2.05. The summed E-state index contributed by atoms with van der Waals surface area (Å²) < 4.78 is 0.328. The summed E-state index contributed by atoms with van der Waals surface area (Å²) in [6, 6.07) is 3.98. The average molecular weight is 367 g/mol. The van der Waals surface area contributed by atoms with E-state index in [1.165, 1.54) is 29.2 Å². The molecule has 24 heavy (non-hydrogen) atoms. The van der Waals surface area contributed by atoms with Crippen molar-refractivity contribution in [2.45, 2.75) is 12.8 Å². The van der Waals surface area contributed by atoms with Gasteiger partial charge < -0.3 is 15.3 Å². The van der Waals surface area contributed by atoms with Crippen molar-refractivity contribution in [2.24, 2.45) is 0 Å². The molecule has 1 aliphatic rings. The average Bonchev–Trinajstić information content (AvgIpc) is 2.76. The molecule has 1 saturated heterocycles. The van der Waals surface area contributed by atoms with Gasteiger partial charge in [-0.2, -0.15) is 0 Å². The van der Waals surface area contributed by atoms with Crippen molar-refractivity contribution in [3.05, 3.63) is 34.2 Å². The number of aromatic hydroxyl groups is 1. The minimum Gasteiger partial charge on any atom is -0.507 e. The fourth-order valence-corrected chi connectivity index (χ4v) is 3.36. The lowest BCUT2D eigenvalue weighted by atomic mass is 10.1. The quantitative estimate of drug-likeness (QED) is 0.517. The molecule has 0 atom stereocenters. The topological polar surface area (TPSA) is 115 Å². The molecule has 0 unspecified atom stereocenters. The third-order valence-electron chi connectivity index (χ3n) is 3.19. The van der Waals surface area contributed by atoms with Gasteiger partial charge in [-0.3, -0.25) is 14.5 Å². The van der Waals surface area contributed by atoms with Crippen molar-refractivity contribution >= 4 is 52.2 Å². The molecule has 0 aromatic heterocycles. The molecule has 1 aromatic rings. The molecule has 3 N–H and O–H groups in total. The van der Waals surface area contributed by atoms with Crippen LogP contribution < -0.4 is 0 Å². The number of thiocarbonyl (C=S) groups is 1. The van der Waals surface area contributed by atoms with Crippen molar-refractivity contribution in [3.8, 4) is 5.75 Å². The van der Waals surface area contributed by atoms with Gasteiger partial charge in [0, 0.05) is 13.0 Å². The van der Waals surface area contributed by atoms with Gasteiger partial charge in [-0.05, 0) is 30.2 Å². The van der Waals surface area contributed by atoms with Crippen molar-refractivity contribution in [2.75, 3.05) is 6.54 Å². The van der Waals surface area contributed by atoms with Crippen LogP contribution >= 0.6 is 24.0 Å². The van der Waals surface area contributed by atoms with Crippen LogP contribution in [-0.2, 0) is 9.59 Å². The van der Waals surface area contributed by atoms with Gasteiger partial charge in [0.25, 0.3) is 5.91 Å². The van der Waals surface area contributed by atoms with Gasteiger partial charge in [-0.1, -0.05) is 30.0 Å². The highest BCUT2D eigenvalue weighted by Crippen LogP contribution is 2.33. The fraction of sp³-hybridized carbons (Fsp3) is 0.200. The normalized spacial score (nSPS) is 16.0. The lowest BCUT2D eigenvalue weighted by Gasteiger charge is -2.13. The third kappa shape index (κ3) is 4.12. The number of amides is 1. The van der Waals surface area contributed by atoms with Crippen LogP contribution in [0.1, 0.15) is 28.8 Å². The summed E-state index contributed by atoms with van der Waals surface area (Å²) in [6.45, 7) is 0.213. The Morgan fingerprint density at radius 1 is 1.29 bits per heavy atom. The second-order valence-electron chi connectivity index (χ2n) is 4.91. The van der Waals surface area contributed by atoms with Crippen LogP contribution in [0.4, 0.5) is 0 Å². The van der Waals surface area contributed by atoms with E-state index < -0.39 is 11.9 Å². The van der Waals surface area contributed by atoms with Crippen LogP contribution in [0.3, 0.4) is 0 Å². The number of hydrogen-bond donors (Lipinski definition) is 3. The number of benzene rings is 1. The summed E-state index contributed by atoms with van der Waals surface area (Å²) in [5, 5.41) is 27.1. The smallest absolute Gasteiger partial charge is 0.339 e. The molecule has 1 aromatic carbocycles. The Kier molecular flexibility index (Phi) is 5.58. The molecule has 0 spiro atoms. The largest absolute Gasteiger partial charge is 0.507 e. The molecule has 0 aliphatic carbocycles. The monoisotopic (exact) mass is 367 g/mol. The second kappa shape index (κ2) is 7.45. The summed E-state index contributed by atoms with van der Waals surface area (Å²) in [7, 11) is 0. The lowest BCUT2D eigenvalue weighted by molar-refractivity contribution is -0.137. The van der Waals surface area contributed by atoms with Crippen molar-refractivity contribution < 1.29 is 29.7 Å². The van der Waals surface area contributed by atoms with Gasteiger partial charge in [0.2, 0.25) is 0 Å². The second-order valence-corrected chi connectivity index (χ2v) is 6.59. The molecule has 1 aliphatic heterocycles. The summed E-state index contributed by atoms with van der Waals surface area (Å²) in [6.07, 6.45) is 1.72. The first-order valence-corrected chi connectivity index (χ1v) is 8.05. The third-order valence-corrected chi connectivity index (χ3v) is 4.57. The Bertz CT molecular complexity index is 758. The maximum atomic E-state index is 12.3. The molecule has 126 valence electrons. The summed E-state index contributed by atoms with van der Waals surface area (Å²) in [4.78, 5) is 35.5. The molecule has 0 saturated carbocycles. The molecule has 1 amide bonds. The van der Waals surface area contributed by atoms with Crippen LogP contribution in [0.5, 0.6) is 5.75 Å². The van der Waals surface area contributed by atoms with Gasteiger partial charge >= 0.3 is 11.9 Å². The number of carbonyl (C=O) groups is 3. The Balaban J connectivity index is 2.18. The zero-order chi connectivity index (χ0) is 17.9. The highest BCUT2D eigenvalue weighted by Gasteiger charge is 2.31. The van der Waals surface area contributed by atoms with E-state index in [2.05, 4.69) is 0 Å². The maximum Gasteiger partial charge on any atom is 0.339 e. The Morgan fingerprint density at radius 2 is 2.00 bits per heavy atom. The summed E-state index contributed by atoms with van der Waals surface area (Å²) >= 11 is 6.19. The number of aromatic carboxylic acids is 1. The highest BCUT2D eigenvalue weighted by molar-refractivity contribution is 8.26. The first-order chi connectivity index (χ1) is 11.3. The number of carbonyl (C=O) groups excluding carboxylic acids is 1. The Labute approximate surface area is 146 Å². The highest BCUT2D eigenvalue weighted by atomic mass is 32.2. The van der Waals surface area contributed by atoms with E-state index in [0.717, 1.165) is 11.8 Å².